The molecule has 0 aliphatic carbocycles. The zero-order valence-corrected chi connectivity index (χ0v) is 12.6. The van der Waals surface area contributed by atoms with Crippen molar-refractivity contribution >= 4 is 15.9 Å². The van der Waals surface area contributed by atoms with Gasteiger partial charge in [-0.05, 0) is 43.6 Å². The van der Waals surface area contributed by atoms with Crippen LogP contribution >= 0.6 is 15.9 Å². The molecule has 0 radical (unpaired) electrons. The van der Waals surface area contributed by atoms with Gasteiger partial charge in [0.15, 0.2) is 0 Å². The van der Waals surface area contributed by atoms with E-state index in [4.69, 9.17) is 5.73 Å². The van der Waals surface area contributed by atoms with Gasteiger partial charge in [-0.25, -0.2) is 0 Å². The Morgan fingerprint density at radius 3 is 2.29 bits per heavy atom. The lowest BCUT2D eigenvalue weighted by Gasteiger charge is -2.28. The summed E-state index contributed by atoms with van der Waals surface area (Å²) in [5, 5.41) is 0. The molecule has 2 N–H and O–H groups in total. The Bertz CT molecular complexity index is 321. The first-order valence-electron chi connectivity index (χ1n) is 6.20. The average Bonchev–Trinajstić information content (AvgIpc) is 2.30. The summed E-state index contributed by atoms with van der Waals surface area (Å²) in [7, 11) is 2.15. The summed E-state index contributed by atoms with van der Waals surface area (Å²) < 4.78 is 1.11. The monoisotopic (exact) mass is 298 g/mol. The van der Waals surface area contributed by atoms with Gasteiger partial charge in [-0.1, -0.05) is 41.9 Å². The van der Waals surface area contributed by atoms with E-state index in [0.717, 1.165) is 16.9 Å². The van der Waals surface area contributed by atoms with Gasteiger partial charge in [-0.3, -0.25) is 4.90 Å². The van der Waals surface area contributed by atoms with E-state index in [9.17, 15) is 0 Å². The molecule has 96 valence electrons. The van der Waals surface area contributed by atoms with E-state index in [1.165, 1.54) is 12.0 Å². The van der Waals surface area contributed by atoms with Crippen molar-refractivity contribution in [3.8, 4) is 0 Å². The molecule has 0 fully saturated rings. The molecule has 0 amide bonds. The number of nitrogens with zero attached hydrogens (tertiary/aromatic N) is 1. The lowest BCUT2D eigenvalue weighted by Crippen LogP contribution is -2.31. The van der Waals surface area contributed by atoms with Gasteiger partial charge in [0, 0.05) is 17.1 Å². The molecule has 0 aliphatic heterocycles. The van der Waals surface area contributed by atoms with Crippen LogP contribution in [0.1, 0.15) is 31.9 Å². The van der Waals surface area contributed by atoms with Crippen LogP contribution in [-0.2, 0) is 0 Å². The van der Waals surface area contributed by atoms with Gasteiger partial charge >= 0.3 is 0 Å². The van der Waals surface area contributed by atoms with Gasteiger partial charge < -0.3 is 5.73 Å². The van der Waals surface area contributed by atoms with Crippen molar-refractivity contribution in [2.45, 2.75) is 26.3 Å². The maximum Gasteiger partial charge on any atom is 0.0467 e. The van der Waals surface area contributed by atoms with E-state index in [2.05, 4.69) is 66.0 Å². The largest absolute Gasteiger partial charge is 0.329 e. The zero-order valence-electron chi connectivity index (χ0n) is 11.0. The summed E-state index contributed by atoms with van der Waals surface area (Å²) >= 11 is 3.46. The Balaban J connectivity index is 2.66. The molecule has 0 spiro atoms. The molecule has 1 atom stereocenters. The van der Waals surface area contributed by atoms with Crippen molar-refractivity contribution in [1.29, 1.82) is 0 Å². The third kappa shape index (κ3) is 4.78. The smallest absolute Gasteiger partial charge is 0.0467 e. The highest BCUT2D eigenvalue weighted by atomic mass is 79.9. The standard InChI is InChI=1S/C14H23BrN2/c1-11(2)8-9-17(3)14(10-16)12-4-6-13(15)7-5-12/h4-7,11,14H,8-10,16H2,1-3H3. The summed E-state index contributed by atoms with van der Waals surface area (Å²) in [6.07, 6.45) is 1.21. The van der Waals surface area contributed by atoms with Gasteiger partial charge in [-0.2, -0.15) is 0 Å². The predicted octanol–water partition coefficient (Wildman–Crippen LogP) is 3.43. The Morgan fingerprint density at radius 1 is 1.24 bits per heavy atom. The Labute approximate surface area is 113 Å². The predicted molar refractivity (Wildman–Crippen MR) is 78.0 cm³/mol. The first-order chi connectivity index (χ1) is 8.04. The quantitative estimate of drug-likeness (QED) is 0.872. The molecule has 3 heteroatoms. The molecule has 2 nitrogen and oxygen atoms in total. The third-order valence-electron chi connectivity index (χ3n) is 3.07. The van der Waals surface area contributed by atoms with Crippen molar-refractivity contribution in [1.82, 2.24) is 4.90 Å². The van der Waals surface area contributed by atoms with E-state index < -0.39 is 0 Å². The second-order valence-electron chi connectivity index (χ2n) is 4.97. The Hall–Kier alpha value is -0.380. The van der Waals surface area contributed by atoms with Crippen LogP contribution < -0.4 is 5.73 Å². The molecule has 0 heterocycles. The van der Waals surface area contributed by atoms with E-state index >= 15 is 0 Å². The summed E-state index contributed by atoms with van der Waals surface area (Å²) in [6, 6.07) is 8.77. The number of rotatable bonds is 6. The van der Waals surface area contributed by atoms with E-state index in [0.29, 0.717) is 12.6 Å². The Morgan fingerprint density at radius 2 is 1.82 bits per heavy atom. The fraction of sp³-hybridized carbons (Fsp3) is 0.571. The second kappa shape index (κ2) is 7.14. The Kier molecular flexibility index (Phi) is 6.17. The molecular formula is C14H23BrN2. The van der Waals surface area contributed by atoms with E-state index in [1.54, 1.807) is 0 Å². The maximum atomic E-state index is 5.90. The fourth-order valence-corrected chi connectivity index (χ4v) is 2.14. The van der Waals surface area contributed by atoms with Gasteiger partial charge in [0.25, 0.3) is 0 Å². The normalized spacial score (nSPS) is 13.4. The number of hydrogen-bond acceptors (Lipinski definition) is 2. The fourth-order valence-electron chi connectivity index (χ4n) is 1.87. The van der Waals surface area contributed by atoms with Gasteiger partial charge in [0.05, 0.1) is 0 Å². The molecule has 0 aromatic heterocycles. The highest BCUT2D eigenvalue weighted by Gasteiger charge is 2.15. The van der Waals surface area contributed by atoms with Crippen LogP contribution in [0.5, 0.6) is 0 Å². The summed E-state index contributed by atoms with van der Waals surface area (Å²) in [4.78, 5) is 2.35. The van der Waals surface area contributed by atoms with Crippen LogP contribution in [0.25, 0.3) is 0 Å². The van der Waals surface area contributed by atoms with Gasteiger partial charge in [0.2, 0.25) is 0 Å². The average molecular weight is 299 g/mol. The van der Waals surface area contributed by atoms with Crippen LogP contribution in [0.3, 0.4) is 0 Å². The number of benzene rings is 1. The zero-order chi connectivity index (χ0) is 12.8. The number of nitrogens with two attached hydrogens (primary N) is 1. The SMILES string of the molecule is CC(C)CCN(C)C(CN)c1ccc(Br)cc1. The molecule has 1 aromatic rings. The number of halogens is 1. The summed E-state index contributed by atoms with van der Waals surface area (Å²) in [6.45, 7) is 6.27. The van der Waals surface area contributed by atoms with E-state index in [1.807, 2.05) is 0 Å². The minimum atomic E-state index is 0.321. The maximum absolute atomic E-state index is 5.90. The van der Waals surface area contributed by atoms with Crippen LogP contribution in [0.2, 0.25) is 0 Å². The first-order valence-corrected chi connectivity index (χ1v) is 6.99. The molecule has 0 bridgehead atoms. The first kappa shape index (κ1) is 14.7. The lowest BCUT2D eigenvalue weighted by molar-refractivity contribution is 0.236. The third-order valence-corrected chi connectivity index (χ3v) is 3.60. The molecule has 0 aliphatic rings. The van der Waals surface area contributed by atoms with Crippen molar-refractivity contribution in [3.05, 3.63) is 34.3 Å². The van der Waals surface area contributed by atoms with Gasteiger partial charge in [-0.15, -0.1) is 0 Å². The molecule has 0 saturated carbocycles. The molecule has 1 unspecified atom stereocenters. The van der Waals surface area contributed by atoms with Crippen molar-refractivity contribution < 1.29 is 0 Å². The second-order valence-corrected chi connectivity index (χ2v) is 5.88. The molecule has 17 heavy (non-hydrogen) atoms. The minimum absolute atomic E-state index is 0.321. The van der Waals surface area contributed by atoms with Crippen molar-refractivity contribution in [3.63, 3.8) is 0 Å². The molecule has 0 saturated heterocycles. The summed E-state index contributed by atoms with van der Waals surface area (Å²) in [5.41, 5.74) is 7.19. The van der Waals surface area contributed by atoms with Crippen LogP contribution in [0, 0.1) is 5.92 Å². The molecular weight excluding hydrogens is 276 g/mol. The highest BCUT2D eigenvalue weighted by Crippen LogP contribution is 2.21. The number of hydrogen-bond donors (Lipinski definition) is 1. The van der Waals surface area contributed by atoms with Gasteiger partial charge in [0.1, 0.15) is 0 Å². The molecule has 1 rings (SSSR count). The topological polar surface area (TPSA) is 29.3 Å². The van der Waals surface area contributed by atoms with Crippen LogP contribution in [0.4, 0.5) is 0 Å². The molecule has 1 aromatic carbocycles. The van der Waals surface area contributed by atoms with Crippen LogP contribution in [-0.4, -0.2) is 25.0 Å². The lowest BCUT2D eigenvalue weighted by atomic mass is 10.0. The highest BCUT2D eigenvalue weighted by molar-refractivity contribution is 9.10. The summed E-state index contributed by atoms with van der Waals surface area (Å²) in [5.74, 6) is 0.737. The van der Waals surface area contributed by atoms with Crippen LogP contribution in [0.15, 0.2) is 28.7 Å². The van der Waals surface area contributed by atoms with E-state index in [-0.39, 0.29) is 0 Å². The number of likely N-dealkylation sites (N-methyl/N-ethyl adjacent to an activating group) is 1. The minimum Gasteiger partial charge on any atom is -0.329 e. The van der Waals surface area contributed by atoms with Crippen molar-refractivity contribution in [2.75, 3.05) is 20.1 Å². The van der Waals surface area contributed by atoms with Crippen molar-refractivity contribution in [2.24, 2.45) is 11.7 Å².